The third-order valence-electron chi connectivity index (χ3n) is 4.21. The summed E-state index contributed by atoms with van der Waals surface area (Å²) in [7, 11) is 0. The summed E-state index contributed by atoms with van der Waals surface area (Å²) in [5, 5.41) is 18.0. The van der Waals surface area contributed by atoms with Crippen molar-refractivity contribution in [2.45, 2.75) is 31.1 Å². The summed E-state index contributed by atoms with van der Waals surface area (Å²) in [6.07, 6.45) is 3.74. The fourth-order valence-corrected chi connectivity index (χ4v) is 3.29. The largest absolute Gasteiger partial charge is 0.481 e. The third-order valence-corrected chi connectivity index (χ3v) is 4.21. The molecule has 3 nitrogen and oxygen atoms in total. The van der Waals surface area contributed by atoms with Crippen LogP contribution in [0.1, 0.15) is 36.0 Å². The third kappa shape index (κ3) is 1.37. The zero-order valence-electron chi connectivity index (χ0n) is 9.44. The zero-order valence-corrected chi connectivity index (χ0v) is 9.44. The highest BCUT2D eigenvalue weighted by Gasteiger charge is 2.60. The molecule has 86 valence electrons. The van der Waals surface area contributed by atoms with Gasteiger partial charge in [0.05, 0.1) is 17.6 Å². The minimum absolute atomic E-state index is 0.118. The summed E-state index contributed by atoms with van der Waals surface area (Å²) in [5.41, 5.74) is 2.91. The molecule has 2 atom stereocenters. The summed E-state index contributed by atoms with van der Waals surface area (Å²) in [6, 6.07) is 7.84. The Morgan fingerprint density at radius 2 is 2.35 bits per heavy atom. The molecule has 1 spiro atoms. The van der Waals surface area contributed by atoms with Crippen LogP contribution in [0.5, 0.6) is 0 Å². The summed E-state index contributed by atoms with van der Waals surface area (Å²) in [4.78, 5) is 11.1. The number of fused-ring (bicyclic) bond motifs is 2. The van der Waals surface area contributed by atoms with Gasteiger partial charge in [-0.05, 0) is 48.9 Å². The average Bonchev–Trinajstić information content (AvgIpc) is 3.04. The molecular formula is C14H13NO2. The van der Waals surface area contributed by atoms with Crippen LogP contribution in [0.15, 0.2) is 18.2 Å². The lowest BCUT2D eigenvalue weighted by Crippen LogP contribution is -2.21. The van der Waals surface area contributed by atoms with Crippen molar-refractivity contribution in [1.82, 2.24) is 0 Å². The number of carboxylic acids is 1. The van der Waals surface area contributed by atoms with Gasteiger partial charge in [0.2, 0.25) is 0 Å². The van der Waals surface area contributed by atoms with E-state index in [1.165, 1.54) is 11.1 Å². The molecular weight excluding hydrogens is 214 g/mol. The van der Waals surface area contributed by atoms with Gasteiger partial charge < -0.3 is 5.11 Å². The molecule has 0 amide bonds. The van der Waals surface area contributed by atoms with E-state index in [0.717, 1.165) is 25.7 Å². The lowest BCUT2D eigenvalue weighted by molar-refractivity contribution is -0.139. The van der Waals surface area contributed by atoms with Crippen LogP contribution in [0.2, 0.25) is 0 Å². The molecule has 1 N–H and O–H groups in total. The maximum atomic E-state index is 11.1. The van der Waals surface area contributed by atoms with Crippen molar-refractivity contribution in [2.24, 2.45) is 5.92 Å². The molecule has 17 heavy (non-hydrogen) atoms. The van der Waals surface area contributed by atoms with E-state index in [-0.39, 0.29) is 11.3 Å². The number of nitrogens with zero attached hydrogens (tertiary/aromatic N) is 1. The normalized spacial score (nSPS) is 29.5. The Labute approximate surface area is 99.7 Å². The summed E-state index contributed by atoms with van der Waals surface area (Å²) >= 11 is 0. The standard InChI is InChI=1S/C14H13NO2/c15-8-9-3-4-11-10(6-9)2-1-5-14(11)7-12(14)13(16)17/h3-4,6,12H,1-2,5,7H2,(H,16,17). The molecule has 2 aliphatic rings. The minimum Gasteiger partial charge on any atom is -0.481 e. The van der Waals surface area contributed by atoms with Crippen molar-refractivity contribution in [1.29, 1.82) is 5.26 Å². The van der Waals surface area contributed by atoms with Gasteiger partial charge in [-0.15, -0.1) is 0 Å². The van der Waals surface area contributed by atoms with Gasteiger partial charge in [-0.1, -0.05) is 6.07 Å². The fourth-order valence-electron chi connectivity index (χ4n) is 3.29. The first-order valence-corrected chi connectivity index (χ1v) is 5.94. The Balaban J connectivity index is 2.05. The molecule has 0 aliphatic heterocycles. The molecule has 0 radical (unpaired) electrons. The first-order chi connectivity index (χ1) is 8.17. The Bertz CT molecular complexity index is 544. The molecule has 3 rings (SSSR count). The van der Waals surface area contributed by atoms with Crippen LogP contribution in [-0.2, 0) is 16.6 Å². The van der Waals surface area contributed by atoms with Crippen LogP contribution < -0.4 is 0 Å². The highest BCUT2D eigenvalue weighted by Crippen LogP contribution is 2.60. The van der Waals surface area contributed by atoms with Gasteiger partial charge in [-0.25, -0.2) is 0 Å². The van der Waals surface area contributed by atoms with Crippen molar-refractivity contribution in [3.05, 3.63) is 34.9 Å². The van der Waals surface area contributed by atoms with E-state index in [9.17, 15) is 4.79 Å². The number of hydrogen-bond acceptors (Lipinski definition) is 2. The van der Waals surface area contributed by atoms with Gasteiger partial charge in [0.15, 0.2) is 0 Å². The summed E-state index contributed by atoms with van der Waals surface area (Å²) < 4.78 is 0. The molecule has 0 saturated heterocycles. The number of nitriles is 1. The summed E-state index contributed by atoms with van der Waals surface area (Å²) in [5.74, 6) is -0.892. The van der Waals surface area contributed by atoms with E-state index in [2.05, 4.69) is 6.07 Å². The first-order valence-electron chi connectivity index (χ1n) is 5.94. The molecule has 3 heteroatoms. The Morgan fingerprint density at radius 3 is 3.00 bits per heavy atom. The van der Waals surface area contributed by atoms with Crippen LogP contribution >= 0.6 is 0 Å². The Kier molecular flexibility index (Phi) is 2.03. The van der Waals surface area contributed by atoms with Crippen LogP contribution in [0, 0.1) is 17.2 Å². The van der Waals surface area contributed by atoms with E-state index in [1.807, 2.05) is 18.2 Å². The molecule has 1 saturated carbocycles. The molecule has 0 aromatic heterocycles. The maximum absolute atomic E-state index is 11.1. The predicted molar refractivity (Wildman–Crippen MR) is 61.5 cm³/mol. The smallest absolute Gasteiger partial charge is 0.307 e. The Hall–Kier alpha value is -1.82. The van der Waals surface area contributed by atoms with Crippen LogP contribution in [0.4, 0.5) is 0 Å². The second kappa shape index (κ2) is 3.33. The van der Waals surface area contributed by atoms with Crippen molar-refractivity contribution in [3.63, 3.8) is 0 Å². The molecule has 0 heterocycles. The van der Waals surface area contributed by atoms with Crippen molar-refractivity contribution in [3.8, 4) is 6.07 Å². The summed E-state index contributed by atoms with van der Waals surface area (Å²) in [6.45, 7) is 0. The van der Waals surface area contributed by atoms with E-state index in [0.29, 0.717) is 5.56 Å². The van der Waals surface area contributed by atoms with Crippen LogP contribution in [-0.4, -0.2) is 11.1 Å². The molecule has 2 unspecified atom stereocenters. The number of aryl methyl sites for hydroxylation is 1. The van der Waals surface area contributed by atoms with Gasteiger partial charge >= 0.3 is 5.97 Å². The van der Waals surface area contributed by atoms with Gasteiger partial charge in [0.1, 0.15) is 0 Å². The van der Waals surface area contributed by atoms with Gasteiger partial charge in [-0.2, -0.15) is 5.26 Å². The number of benzene rings is 1. The van der Waals surface area contributed by atoms with Gasteiger partial charge in [-0.3, -0.25) is 4.79 Å². The topological polar surface area (TPSA) is 61.1 Å². The molecule has 2 aliphatic carbocycles. The zero-order chi connectivity index (χ0) is 12.0. The van der Waals surface area contributed by atoms with E-state index >= 15 is 0 Å². The van der Waals surface area contributed by atoms with E-state index < -0.39 is 5.97 Å². The number of carboxylic acid groups (broad SMARTS) is 1. The van der Waals surface area contributed by atoms with Gasteiger partial charge in [0, 0.05) is 5.41 Å². The highest BCUT2D eigenvalue weighted by molar-refractivity contribution is 5.77. The van der Waals surface area contributed by atoms with E-state index in [1.54, 1.807) is 0 Å². The lowest BCUT2D eigenvalue weighted by Gasteiger charge is -2.26. The highest BCUT2D eigenvalue weighted by atomic mass is 16.4. The number of hydrogen-bond donors (Lipinski definition) is 1. The number of aliphatic carboxylic acids is 1. The number of carbonyl (C=O) groups is 1. The second-order valence-electron chi connectivity index (χ2n) is 5.09. The first kappa shape index (κ1) is 10.3. The van der Waals surface area contributed by atoms with E-state index in [4.69, 9.17) is 10.4 Å². The maximum Gasteiger partial charge on any atom is 0.307 e. The van der Waals surface area contributed by atoms with Gasteiger partial charge in [0.25, 0.3) is 0 Å². The fraction of sp³-hybridized carbons (Fsp3) is 0.429. The van der Waals surface area contributed by atoms with Crippen LogP contribution in [0.3, 0.4) is 0 Å². The lowest BCUT2D eigenvalue weighted by atomic mass is 9.78. The monoisotopic (exact) mass is 227 g/mol. The average molecular weight is 227 g/mol. The molecule has 1 aromatic rings. The van der Waals surface area contributed by atoms with Crippen LogP contribution in [0.25, 0.3) is 0 Å². The quantitative estimate of drug-likeness (QED) is 0.800. The Morgan fingerprint density at radius 1 is 1.53 bits per heavy atom. The SMILES string of the molecule is N#Cc1ccc2c(c1)CCCC21CC1C(=O)O. The molecule has 0 bridgehead atoms. The second-order valence-corrected chi connectivity index (χ2v) is 5.09. The van der Waals surface area contributed by atoms with Crippen molar-refractivity contribution >= 4 is 5.97 Å². The predicted octanol–water partition coefficient (Wildman–Crippen LogP) is 2.24. The molecule has 1 fully saturated rings. The minimum atomic E-state index is -0.679. The number of rotatable bonds is 1. The molecule has 1 aromatic carbocycles. The van der Waals surface area contributed by atoms with Crippen molar-refractivity contribution in [2.75, 3.05) is 0 Å². The van der Waals surface area contributed by atoms with Crippen molar-refractivity contribution < 1.29 is 9.90 Å².